The van der Waals surface area contributed by atoms with E-state index in [-0.39, 0.29) is 5.56 Å². The molecule has 1 unspecified atom stereocenters. The van der Waals surface area contributed by atoms with E-state index in [1.807, 2.05) is 66.7 Å². The van der Waals surface area contributed by atoms with Gasteiger partial charge in [0, 0.05) is 0 Å². The van der Waals surface area contributed by atoms with E-state index in [0.29, 0.717) is 27.2 Å². The number of aromatic nitrogens is 1. The first kappa shape index (κ1) is 24.4. The molecule has 0 saturated carbocycles. The van der Waals surface area contributed by atoms with Gasteiger partial charge in [0.25, 0.3) is 5.56 Å². The van der Waals surface area contributed by atoms with Gasteiger partial charge in [0.15, 0.2) is 4.80 Å². The maximum absolute atomic E-state index is 13.5. The minimum absolute atomic E-state index is 0.200. The summed E-state index contributed by atoms with van der Waals surface area (Å²) in [5, 5.41) is 0. The van der Waals surface area contributed by atoms with E-state index in [1.165, 1.54) is 18.4 Å². The van der Waals surface area contributed by atoms with Crippen LogP contribution in [0, 0.1) is 0 Å². The Morgan fingerprint density at radius 1 is 1.14 bits per heavy atom. The van der Waals surface area contributed by atoms with Gasteiger partial charge in [-0.15, -0.1) is 0 Å². The predicted octanol–water partition coefficient (Wildman–Crippen LogP) is 4.25. The molecule has 0 fully saturated rings. The van der Waals surface area contributed by atoms with Gasteiger partial charge in [-0.3, -0.25) is 9.36 Å². The van der Waals surface area contributed by atoms with Gasteiger partial charge in [-0.2, -0.15) is 0 Å². The standard InChI is InChI=1S/C28H28N2O4S/c1-4-5-18-34-22-16-14-21(15-17-22)25-24(27(32)33-3)19(2)29-28-30(25)26(31)23(35-28)13-9-12-20-10-7-6-8-11-20/h6-17,25H,4-5,18H2,1-3H3. The number of carbonyl (C=O) groups excluding carboxylic acids is 1. The van der Waals surface area contributed by atoms with Crippen LogP contribution in [-0.2, 0) is 9.53 Å². The third-order valence-corrected chi connectivity index (χ3v) is 6.73. The third-order valence-electron chi connectivity index (χ3n) is 5.73. The van der Waals surface area contributed by atoms with E-state index in [2.05, 4.69) is 11.9 Å². The number of allylic oxidation sites excluding steroid dienone is 2. The van der Waals surface area contributed by atoms with Crippen LogP contribution in [0.25, 0.3) is 12.2 Å². The van der Waals surface area contributed by atoms with Gasteiger partial charge in [0.2, 0.25) is 0 Å². The van der Waals surface area contributed by atoms with E-state index in [0.717, 1.165) is 29.7 Å². The molecule has 35 heavy (non-hydrogen) atoms. The second-order valence-corrected chi connectivity index (χ2v) is 9.15. The Balaban J connectivity index is 1.77. The predicted molar refractivity (Wildman–Crippen MR) is 139 cm³/mol. The smallest absolute Gasteiger partial charge is 0.338 e. The number of benzene rings is 2. The summed E-state index contributed by atoms with van der Waals surface area (Å²) in [6.07, 6.45) is 7.62. The maximum atomic E-state index is 13.5. The SMILES string of the molecule is CCCCOc1ccc(C2C(C(=O)OC)=C(C)N=c3sc(=CC=Cc4ccccc4)c(=O)n32)cc1. The minimum Gasteiger partial charge on any atom is -0.494 e. The van der Waals surface area contributed by atoms with Crippen molar-refractivity contribution in [1.82, 2.24) is 4.57 Å². The first-order valence-electron chi connectivity index (χ1n) is 11.6. The van der Waals surface area contributed by atoms with Gasteiger partial charge in [-0.1, -0.05) is 79.3 Å². The molecular formula is C28H28N2O4S. The molecule has 180 valence electrons. The molecule has 1 aliphatic rings. The van der Waals surface area contributed by atoms with Crippen molar-refractivity contribution >= 4 is 29.5 Å². The number of ether oxygens (including phenoxy) is 2. The van der Waals surface area contributed by atoms with Gasteiger partial charge in [-0.05, 0) is 42.7 Å². The number of hydrogen-bond donors (Lipinski definition) is 0. The Kier molecular flexibility index (Phi) is 7.77. The average Bonchev–Trinajstić information content (AvgIpc) is 3.18. The van der Waals surface area contributed by atoms with Crippen molar-refractivity contribution in [2.75, 3.05) is 13.7 Å². The summed E-state index contributed by atoms with van der Waals surface area (Å²) >= 11 is 1.30. The second kappa shape index (κ2) is 11.1. The van der Waals surface area contributed by atoms with Crippen LogP contribution in [0.15, 0.2) is 81.7 Å². The van der Waals surface area contributed by atoms with Crippen LogP contribution < -0.4 is 19.6 Å². The molecule has 1 aliphatic heterocycles. The quantitative estimate of drug-likeness (QED) is 0.351. The molecule has 0 bridgehead atoms. The van der Waals surface area contributed by atoms with Crippen molar-refractivity contribution in [2.45, 2.75) is 32.7 Å². The molecule has 7 heteroatoms. The molecule has 3 aromatic rings. The lowest BCUT2D eigenvalue weighted by Gasteiger charge is -2.24. The molecule has 6 nitrogen and oxygen atoms in total. The van der Waals surface area contributed by atoms with Gasteiger partial charge in [-0.25, -0.2) is 9.79 Å². The minimum atomic E-state index is -0.636. The van der Waals surface area contributed by atoms with E-state index < -0.39 is 12.0 Å². The zero-order valence-corrected chi connectivity index (χ0v) is 20.9. The summed E-state index contributed by atoms with van der Waals surface area (Å²) in [5.41, 5.74) is 2.52. The summed E-state index contributed by atoms with van der Waals surface area (Å²) in [6.45, 7) is 4.53. The molecule has 1 atom stereocenters. The summed E-state index contributed by atoms with van der Waals surface area (Å²) < 4.78 is 13.0. The number of rotatable bonds is 8. The third kappa shape index (κ3) is 5.35. The molecular weight excluding hydrogens is 460 g/mol. The molecule has 2 aromatic carbocycles. The van der Waals surface area contributed by atoms with Crippen molar-refractivity contribution in [3.8, 4) is 5.75 Å². The second-order valence-electron chi connectivity index (χ2n) is 8.14. The number of esters is 1. The van der Waals surface area contributed by atoms with Crippen LogP contribution in [0.3, 0.4) is 0 Å². The van der Waals surface area contributed by atoms with E-state index in [4.69, 9.17) is 9.47 Å². The molecule has 0 radical (unpaired) electrons. The summed E-state index contributed by atoms with van der Waals surface area (Å²) in [7, 11) is 1.34. The number of fused-ring (bicyclic) bond motifs is 1. The molecule has 4 rings (SSSR count). The fraction of sp³-hybridized carbons (Fsp3) is 0.250. The van der Waals surface area contributed by atoms with Crippen LogP contribution in [0.5, 0.6) is 5.75 Å². The first-order valence-corrected chi connectivity index (χ1v) is 12.4. The van der Waals surface area contributed by atoms with Crippen LogP contribution in [0.2, 0.25) is 0 Å². The van der Waals surface area contributed by atoms with Crippen molar-refractivity contribution < 1.29 is 14.3 Å². The lowest BCUT2D eigenvalue weighted by Crippen LogP contribution is -2.39. The number of carbonyl (C=O) groups is 1. The number of hydrogen-bond acceptors (Lipinski definition) is 6. The number of nitrogens with zero attached hydrogens (tertiary/aromatic N) is 2. The Labute approximate surface area is 208 Å². The van der Waals surface area contributed by atoms with E-state index in [1.54, 1.807) is 17.6 Å². The molecule has 0 amide bonds. The molecule has 0 N–H and O–H groups in total. The van der Waals surface area contributed by atoms with E-state index in [9.17, 15) is 9.59 Å². The Morgan fingerprint density at radius 2 is 1.89 bits per heavy atom. The summed E-state index contributed by atoms with van der Waals surface area (Å²) in [6, 6.07) is 16.8. The Bertz CT molecular complexity index is 1430. The highest BCUT2D eigenvalue weighted by molar-refractivity contribution is 7.07. The van der Waals surface area contributed by atoms with Gasteiger partial charge < -0.3 is 9.47 Å². The van der Waals surface area contributed by atoms with Crippen LogP contribution in [0.1, 0.15) is 43.9 Å². The molecule has 0 spiro atoms. The monoisotopic (exact) mass is 488 g/mol. The maximum Gasteiger partial charge on any atom is 0.338 e. The fourth-order valence-corrected chi connectivity index (χ4v) is 4.91. The molecule has 1 aromatic heterocycles. The van der Waals surface area contributed by atoms with Crippen LogP contribution in [-0.4, -0.2) is 24.3 Å². The topological polar surface area (TPSA) is 69.9 Å². The van der Waals surface area contributed by atoms with Crippen LogP contribution >= 0.6 is 11.3 Å². The van der Waals surface area contributed by atoms with Crippen molar-refractivity contribution in [1.29, 1.82) is 0 Å². The van der Waals surface area contributed by atoms with Gasteiger partial charge in [0.1, 0.15) is 5.75 Å². The van der Waals surface area contributed by atoms with Crippen LogP contribution in [0.4, 0.5) is 0 Å². The zero-order valence-electron chi connectivity index (χ0n) is 20.1. The highest BCUT2D eigenvalue weighted by Crippen LogP contribution is 2.31. The average molecular weight is 489 g/mol. The zero-order chi connectivity index (χ0) is 24.8. The fourth-order valence-electron chi connectivity index (χ4n) is 3.91. The normalized spacial score (nSPS) is 15.7. The van der Waals surface area contributed by atoms with E-state index >= 15 is 0 Å². The number of unbranched alkanes of at least 4 members (excludes halogenated alkanes) is 1. The molecule has 2 heterocycles. The lowest BCUT2D eigenvalue weighted by atomic mass is 9.96. The number of methoxy groups -OCH3 is 1. The highest BCUT2D eigenvalue weighted by atomic mass is 32.1. The van der Waals surface area contributed by atoms with Crippen molar-refractivity contribution in [3.63, 3.8) is 0 Å². The van der Waals surface area contributed by atoms with Crippen molar-refractivity contribution in [2.24, 2.45) is 4.99 Å². The lowest BCUT2D eigenvalue weighted by molar-refractivity contribution is -0.136. The Hall–Kier alpha value is -3.71. The van der Waals surface area contributed by atoms with Gasteiger partial charge >= 0.3 is 5.97 Å². The van der Waals surface area contributed by atoms with Crippen molar-refractivity contribution in [3.05, 3.63) is 103 Å². The summed E-state index contributed by atoms with van der Waals surface area (Å²) in [4.78, 5) is 31.4. The molecule has 0 saturated heterocycles. The number of thiazole rings is 1. The molecule has 0 aliphatic carbocycles. The first-order chi connectivity index (χ1) is 17.0. The largest absolute Gasteiger partial charge is 0.494 e. The van der Waals surface area contributed by atoms with Gasteiger partial charge in [0.05, 0.1) is 35.6 Å². The Morgan fingerprint density at radius 3 is 2.57 bits per heavy atom. The highest BCUT2D eigenvalue weighted by Gasteiger charge is 2.33. The summed E-state index contributed by atoms with van der Waals surface area (Å²) in [5.74, 6) is 0.249.